The predicted molar refractivity (Wildman–Crippen MR) is 106 cm³/mol. The largest absolute Gasteiger partial charge is 0.497 e. The van der Waals surface area contributed by atoms with Gasteiger partial charge in [0.05, 0.1) is 18.5 Å². The van der Waals surface area contributed by atoms with Gasteiger partial charge in [0.2, 0.25) is 6.79 Å². The van der Waals surface area contributed by atoms with Crippen molar-refractivity contribution in [3.8, 4) is 22.9 Å². The Kier molecular flexibility index (Phi) is 4.12. The number of carbonyl (C=O) groups is 1. The van der Waals surface area contributed by atoms with Crippen LogP contribution >= 0.6 is 11.8 Å². The molecule has 28 heavy (non-hydrogen) atoms. The minimum absolute atomic E-state index is 0.176. The van der Waals surface area contributed by atoms with E-state index >= 15 is 0 Å². The van der Waals surface area contributed by atoms with E-state index in [1.54, 1.807) is 41.8 Å². The molecule has 0 saturated carbocycles. The molecule has 0 radical (unpaired) electrons. The number of nitrogens with zero attached hydrogens (tertiary/aromatic N) is 2. The lowest BCUT2D eigenvalue weighted by Gasteiger charge is -2.12. The van der Waals surface area contributed by atoms with Crippen molar-refractivity contribution >= 4 is 23.5 Å². The minimum Gasteiger partial charge on any atom is -0.497 e. The molecule has 0 fully saturated rings. The van der Waals surface area contributed by atoms with Crippen molar-refractivity contribution in [1.29, 1.82) is 0 Å². The number of carbonyl (C=O) groups excluding carboxylic acids is 1. The first kappa shape index (κ1) is 17.0. The molecule has 0 atom stereocenters. The Labute approximate surface area is 165 Å². The summed E-state index contributed by atoms with van der Waals surface area (Å²) in [6, 6.07) is 12.8. The average Bonchev–Trinajstić information content (AvgIpc) is 3.44. The first-order chi connectivity index (χ1) is 13.7. The fraction of sp³-hybridized carbons (Fsp3) is 0.200. The highest BCUT2D eigenvalue weighted by molar-refractivity contribution is 7.98. The molecule has 2 aliphatic rings. The van der Waals surface area contributed by atoms with Gasteiger partial charge in [-0.15, -0.1) is 0 Å². The van der Waals surface area contributed by atoms with Crippen LogP contribution < -0.4 is 19.5 Å². The van der Waals surface area contributed by atoms with Crippen molar-refractivity contribution in [3.63, 3.8) is 0 Å². The quantitative estimate of drug-likeness (QED) is 0.727. The van der Waals surface area contributed by atoms with Crippen molar-refractivity contribution in [1.82, 2.24) is 9.78 Å². The third-order valence-electron chi connectivity index (χ3n) is 4.74. The van der Waals surface area contributed by atoms with E-state index in [0.29, 0.717) is 22.9 Å². The summed E-state index contributed by atoms with van der Waals surface area (Å²) in [5.74, 6) is 4.15. The molecule has 0 bridgehead atoms. The summed E-state index contributed by atoms with van der Waals surface area (Å²) in [5, 5.41) is 7.76. The normalized spacial score (nSPS) is 14.0. The zero-order valence-electron chi connectivity index (χ0n) is 15.1. The second-order valence-corrected chi connectivity index (χ2v) is 7.38. The summed E-state index contributed by atoms with van der Waals surface area (Å²) in [6.45, 7) is 0.176. The highest BCUT2D eigenvalue weighted by atomic mass is 32.2. The SMILES string of the molecule is COc1ccc(-n2nc3c(c2NC(=O)c2ccc4c(c2)OCO4)CSC3)cc1. The van der Waals surface area contributed by atoms with Gasteiger partial charge < -0.3 is 19.5 Å². The second-order valence-electron chi connectivity index (χ2n) is 6.40. The number of hydrogen-bond acceptors (Lipinski definition) is 6. The van der Waals surface area contributed by atoms with E-state index in [-0.39, 0.29) is 12.7 Å². The van der Waals surface area contributed by atoms with Gasteiger partial charge in [0, 0.05) is 22.6 Å². The molecule has 142 valence electrons. The standard InChI is InChI=1S/C20H17N3O4S/c1-25-14-5-3-13(4-6-14)23-19(15-9-28-10-16(15)22-23)21-20(24)12-2-7-17-18(8-12)27-11-26-17/h2-8H,9-11H2,1H3,(H,21,24). The van der Waals surface area contributed by atoms with E-state index in [0.717, 1.165) is 34.2 Å². The molecular formula is C20H17N3O4S. The average molecular weight is 395 g/mol. The number of methoxy groups -OCH3 is 1. The van der Waals surface area contributed by atoms with Gasteiger partial charge in [-0.05, 0) is 42.5 Å². The van der Waals surface area contributed by atoms with Gasteiger partial charge in [-0.25, -0.2) is 4.68 Å². The van der Waals surface area contributed by atoms with Crippen LogP contribution in [0.2, 0.25) is 0 Å². The lowest BCUT2D eigenvalue weighted by molar-refractivity contribution is 0.102. The van der Waals surface area contributed by atoms with Crippen LogP contribution in [0.25, 0.3) is 5.69 Å². The van der Waals surface area contributed by atoms with Crippen LogP contribution in [0.5, 0.6) is 17.2 Å². The van der Waals surface area contributed by atoms with Crippen LogP contribution in [0.1, 0.15) is 21.6 Å². The van der Waals surface area contributed by atoms with Gasteiger partial charge in [-0.1, -0.05) is 0 Å². The van der Waals surface area contributed by atoms with Gasteiger partial charge in [-0.2, -0.15) is 16.9 Å². The van der Waals surface area contributed by atoms with E-state index in [1.807, 2.05) is 24.3 Å². The van der Waals surface area contributed by atoms with Crippen molar-refractivity contribution in [3.05, 3.63) is 59.3 Å². The van der Waals surface area contributed by atoms with E-state index in [2.05, 4.69) is 5.32 Å². The molecule has 5 rings (SSSR count). The third kappa shape index (κ3) is 2.86. The molecule has 1 aromatic heterocycles. The van der Waals surface area contributed by atoms with Gasteiger partial charge in [0.25, 0.3) is 5.91 Å². The lowest BCUT2D eigenvalue weighted by atomic mass is 10.2. The molecule has 1 amide bonds. The van der Waals surface area contributed by atoms with Crippen molar-refractivity contribution in [2.75, 3.05) is 19.2 Å². The van der Waals surface area contributed by atoms with Crippen LogP contribution in [0.3, 0.4) is 0 Å². The number of benzene rings is 2. The predicted octanol–water partition coefficient (Wildman–Crippen LogP) is 3.61. The van der Waals surface area contributed by atoms with Gasteiger partial charge in [0.1, 0.15) is 11.6 Å². The molecule has 0 unspecified atom stereocenters. The Morgan fingerprint density at radius 1 is 1.14 bits per heavy atom. The maximum Gasteiger partial charge on any atom is 0.256 e. The molecule has 7 nitrogen and oxygen atoms in total. The number of anilines is 1. The van der Waals surface area contributed by atoms with E-state index in [4.69, 9.17) is 19.3 Å². The number of rotatable bonds is 4. The zero-order chi connectivity index (χ0) is 19.1. The molecule has 0 saturated heterocycles. The summed E-state index contributed by atoms with van der Waals surface area (Å²) in [7, 11) is 1.63. The van der Waals surface area contributed by atoms with Crippen LogP contribution in [0.4, 0.5) is 5.82 Å². The summed E-state index contributed by atoms with van der Waals surface area (Å²) in [4.78, 5) is 12.9. The fourth-order valence-electron chi connectivity index (χ4n) is 3.27. The number of hydrogen-bond donors (Lipinski definition) is 1. The van der Waals surface area contributed by atoms with E-state index in [9.17, 15) is 4.79 Å². The van der Waals surface area contributed by atoms with Crippen molar-refractivity contribution in [2.24, 2.45) is 0 Å². The van der Waals surface area contributed by atoms with Crippen LogP contribution in [0.15, 0.2) is 42.5 Å². The number of ether oxygens (including phenoxy) is 3. The highest BCUT2D eigenvalue weighted by Crippen LogP contribution is 2.37. The maximum atomic E-state index is 12.9. The molecule has 2 aromatic carbocycles. The monoisotopic (exact) mass is 395 g/mol. The molecule has 0 spiro atoms. The molecule has 3 aromatic rings. The molecule has 1 N–H and O–H groups in total. The molecule has 8 heteroatoms. The Balaban J connectivity index is 1.49. The number of aromatic nitrogens is 2. The summed E-state index contributed by atoms with van der Waals surface area (Å²) < 4.78 is 17.7. The number of thioether (sulfide) groups is 1. The molecule has 3 heterocycles. The van der Waals surface area contributed by atoms with E-state index in [1.165, 1.54) is 0 Å². The Bertz CT molecular complexity index is 1060. The van der Waals surface area contributed by atoms with Crippen molar-refractivity contribution < 1.29 is 19.0 Å². The van der Waals surface area contributed by atoms with Gasteiger partial charge >= 0.3 is 0 Å². The topological polar surface area (TPSA) is 74.6 Å². The Hall–Kier alpha value is -3.13. The fourth-order valence-corrected chi connectivity index (χ4v) is 4.30. The first-order valence-electron chi connectivity index (χ1n) is 8.77. The molecular weight excluding hydrogens is 378 g/mol. The van der Waals surface area contributed by atoms with Crippen molar-refractivity contribution in [2.45, 2.75) is 11.5 Å². The number of amides is 1. The summed E-state index contributed by atoms with van der Waals surface area (Å²) in [5.41, 5.74) is 3.43. The van der Waals surface area contributed by atoms with Gasteiger partial charge in [0.15, 0.2) is 11.5 Å². The zero-order valence-corrected chi connectivity index (χ0v) is 15.9. The molecule has 2 aliphatic heterocycles. The Morgan fingerprint density at radius 2 is 1.96 bits per heavy atom. The lowest BCUT2D eigenvalue weighted by Crippen LogP contribution is -2.16. The van der Waals surface area contributed by atoms with E-state index < -0.39 is 0 Å². The summed E-state index contributed by atoms with van der Waals surface area (Å²) in [6.07, 6.45) is 0. The van der Waals surface area contributed by atoms with Gasteiger partial charge in [-0.3, -0.25) is 4.79 Å². The number of nitrogens with one attached hydrogen (secondary N) is 1. The highest BCUT2D eigenvalue weighted by Gasteiger charge is 2.25. The van der Waals surface area contributed by atoms with Crippen LogP contribution in [0, 0.1) is 0 Å². The van der Waals surface area contributed by atoms with Crippen LogP contribution in [-0.2, 0) is 11.5 Å². The minimum atomic E-state index is -0.215. The maximum absolute atomic E-state index is 12.9. The third-order valence-corrected chi connectivity index (χ3v) is 5.71. The summed E-state index contributed by atoms with van der Waals surface area (Å²) >= 11 is 1.79. The Morgan fingerprint density at radius 3 is 2.79 bits per heavy atom. The van der Waals surface area contributed by atoms with Crippen LogP contribution in [-0.4, -0.2) is 29.6 Å². The second kappa shape index (κ2) is 6.79. The smallest absolute Gasteiger partial charge is 0.256 e. The number of fused-ring (bicyclic) bond motifs is 2. The first-order valence-corrected chi connectivity index (χ1v) is 9.92. The molecule has 0 aliphatic carbocycles.